The molecule has 1 aromatic rings. The number of hydrogen-bond acceptors (Lipinski definition) is 4. The van der Waals surface area contributed by atoms with Crippen LogP contribution in [0.3, 0.4) is 0 Å². The maximum Gasteiger partial charge on any atom is 0.150 e. The van der Waals surface area contributed by atoms with E-state index in [9.17, 15) is 0 Å². The van der Waals surface area contributed by atoms with E-state index in [2.05, 4.69) is 33.6 Å². The third-order valence-electron chi connectivity index (χ3n) is 3.60. The molecule has 1 saturated heterocycles. The fraction of sp³-hybridized carbons (Fsp3) is 0.769. The highest BCUT2D eigenvalue weighted by Gasteiger charge is 2.20. The summed E-state index contributed by atoms with van der Waals surface area (Å²) >= 11 is 0. The standard InChI is InChI=1S/C13H25N5/c1-4-6-18-13(12(14)11(2)15-18)17-8-5-7-16(3)9-10-17/h4-10,14H2,1-3H3. The molecule has 1 aromatic heterocycles. The van der Waals surface area contributed by atoms with E-state index in [1.165, 1.54) is 6.42 Å². The summed E-state index contributed by atoms with van der Waals surface area (Å²) in [6.45, 7) is 9.48. The molecule has 2 N–H and O–H groups in total. The average molecular weight is 251 g/mol. The van der Waals surface area contributed by atoms with Crippen LogP contribution >= 0.6 is 0 Å². The Kier molecular flexibility index (Phi) is 4.11. The molecule has 0 radical (unpaired) electrons. The van der Waals surface area contributed by atoms with Crippen molar-refractivity contribution in [3.05, 3.63) is 5.69 Å². The van der Waals surface area contributed by atoms with Gasteiger partial charge < -0.3 is 15.5 Å². The van der Waals surface area contributed by atoms with E-state index in [1.54, 1.807) is 0 Å². The molecule has 0 atom stereocenters. The van der Waals surface area contributed by atoms with E-state index < -0.39 is 0 Å². The van der Waals surface area contributed by atoms with Gasteiger partial charge in [0.25, 0.3) is 0 Å². The number of aromatic nitrogens is 2. The van der Waals surface area contributed by atoms with E-state index in [4.69, 9.17) is 5.73 Å². The number of aryl methyl sites for hydroxylation is 2. The van der Waals surface area contributed by atoms with Crippen LogP contribution < -0.4 is 10.6 Å². The van der Waals surface area contributed by atoms with Gasteiger partial charge in [-0.2, -0.15) is 5.10 Å². The van der Waals surface area contributed by atoms with E-state index in [1.807, 2.05) is 6.92 Å². The van der Waals surface area contributed by atoms with Gasteiger partial charge in [-0.25, -0.2) is 4.68 Å². The predicted octanol–water partition coefficient (Wildman–Crippen LogP) is 1.33. The van der Waals surface area contributed by atoms with Gasteiger partial charge in [0.2, 0.25) is 0 Å². The molecule has 5 heteroatoms. The van der Waals surface area contributed by atoms with Crippen molar-refractivity contribution in [2.24, 2.45) is 0 Å². The summed E-state index contributed by atoms with van der Waals surface area (Å²) in [6.07, 6.45) is 2.27. The van der Waals surface area contributed by atoms with Gasteiger partial charge in [0.15, 0.2) is 5.82 Å². The first kappa shape index (κ1) is 13.2. The molecule has 0 aromatic carbocycles. The lowest BCUT2D eigenvalue weighted by Gasteiger charge is -2.24. The SMILES string of the molecule is CCCn1nc(C)c(N)c1N1CCCN(C)CC1. The molecule has 2 heterocycles. The number of likely N-dealkylation sites (N-methyl/N-ethyl adjacent to an activating group) is 1. The number of nitrogen functional groups attached to an aromatic ring is 1. The molecule has 0 unspecified atom stereocenters. The molecule has 1 aliphatic rings. The summed E-state index contributed by atoms with van der Waals surface area (Å²) in [5.74, 6) is 1.13. The summed E-state index contributed by atoms with van der Waals surface area (Å²) in [5, 5.41) is 4.56. The molecule has 0 spiro atoms. The average Bonchev–Trinajstić information content (AvgIpc) is 2.52. The Labute approximate surface area is 110 Å². The Bertz CT molecular complexity index is 398. The second-order valence-corrected chi connectivity index (χ2v) is 5.19. The molecular formula is C13H25N5. The van der Waals surface area contributed by atoms with Crippen LogP contribution in [0.5, 0.6) is 0 Å². The van der Waals surface area contributed by atoms with Gasteiger partial charge in [-0.05, 0) is 33.4 Å². The quantitative estimate of drug-likeness (QED) is 0.880. The number of nitrogens with two attached hydrogens (primary N) is 1. The molecular weight excluding hydrogens is 226 g/mol. The largest absolute Gasteiger partial charge is 0.394 e. The highest BCUT2D eigenvalue weighted by atomic mass is 15.4. The van der Waals surface area contributed by atoms with Gasteiger partial charge in [-0.3, -0.25) is 0 Å². The van der Waals surface area contributed by atoms with Gasteiger partial charge in [-0.1, -0.05) is 6.92 Å². The molecule has 18 heavy (non-hydrogen) atoms. The van der Waals surface area contributed by atoms with Crippen molar-refractivity contribution in [2.75, 3.05) is 43.9 Å². The van der Waals surface area contributed by atoms with Crippen LogP contribution in [0.4, 0.5) is 11.5 Å². The van der Waals surface area contributed by atoms with Crippen molar-refractivity contribution in [1.29, 1.82) is 0 Å². The summed E-state index contributed by atoms with van der Waals surface area (Å²) < 4.78 is 2.08. The van der Waals surface area contributed by atoms with E-state index >= 15 is 0 Å². The highest BCUT2D eigenvalue weighted by Crippen LogP contribution is 2.27. The molecule has 0 bridgehead atoms. The topological polar surface area (TPSA) is 50.3 Å². The van der Waals surface area contributed by atoms with Crippen molar-refractivity contribution < 1.29 is 0 Å². The minimum atomic E-state index is 0.855. The monoisotopic (exact) mass is 251 g/mol. The smallest absolute Gasteiger partial charge is 0.150 e. The molecule has 0 saturated carbocycles. The Morgan fingerprint density at radius 2 is 2.00 bits per heavy atom. The lowest BCUT2D eigenvalue weighted by atomic mass is 10.3. The number of anilines is 2. The molecule has 0 amide bonds. The molecule has 2 rings (SSSR count). The van der Waals surface area contributed by atoms with Crippen LogP contribution in [0, 0.1) is 6.92 Å². The summed E-state index contributed by atoms with van der Waals surface area (Å²) in [5.41, 5.74) is 8.02. The molecule has 5 nitrogen and oxygen atoms in total. The Morgan fingerprint density at radius 1 is 1.22 bits per heavy atom. The van der Waals surface area contributed by atoms with Crippen molar-refractivity contribution in [2.45, 2.75) is 33.2 Å². The van der Waals surface area contributed by atoms with Gasteiger partial charge in [-0.15, -0.1) is 0 Å². The van der Waals surface area contributed by atoms with E-state index in [-0.39, 0.29) is 0 Å². The third kappa shape index (κ3) is 2.61. The maximum atomic E-state index is 6.21. The second-order valence-electron chi connectivity index (χ2n) is 5.19. The highest BCUT2D eigenvalue weighted by molar-refractivity contribution is 5.66. The van der Waals surface area contributed by atoms with Crippen LogP contribution in [-0.2, 0) is 6.54 Å². The molecule has 102 valence electrons. The Balaban J connectivity index is 2.25. The second kappa shape index (κ2) is 5.61. The van der Waals surface area contributed by atoms with Crippen LogP contribution in [0.25, 0.3) is 0 Å². The predicted molar refractivity (Wildman–Crippen MR) is 76.0 cm³/mol. The lowest BCUT2D eigenvalue weighted by Crippen LogP contribution is -2.31. The van der Waals surface area contributed by atoms with Gasteiger partial charge in [0.05, 0.1) is 11.4 Å². The Morgan fingerprint density at radius 3 is 2.72 bits per heavy atom. The first-order valence-corrected chi connectivity index (χ1v) is 6.89. The van der Waals surface area contributed by atoms with Crippen molar-refractivity contribution in [3.63, 3.8) is 0 Å². The van der Waals surface area contributed by atoms with Crippen molar-refractivity contribution in [3.8, 4) is 0 Å². The Hall–Kier alpha value is -1.23. The minimum Gasteiger partial charge on any atom is -0.394 e. The van der Waals surface area contributed by atoms with Gasteiger partial charge in [0, 0.05) is 26.2 Å². The van der Waals surface area contributed by atoms with Gasteiger partial charge in [0.1, 0.15) is 0 Å². The maximum absolute atomic E-state index is 6.21. The zero-order valence-corrected chi connectivity index (χ0v) is 11.8. The number of nitrogens with zero attached hydrogens (tertiary/aromatic N) is 4. The van der Waals surface area contributed by atoms with Crippen molar-refractivity contribution in [1.82, 2.24) is 14.7 Å². The molecule has 0 aliphatic carbocycles. The van der Waals surface area contributed by atoms with E-state index in [0.717, 1.165) is 56.3 Å². The van der Waals surface area contributed by atoms with Crippen LogP contribution in [0.2, 0.25) is 0 Å². The summed E-state index contributed by atoms with van der Waals surface area (Å²) in [6, 6.07) is 0. The van der Waals surface area contributed by atoms with Crippen LogP contribution in [-0.4, -0.2) is 47.9 Å². The van der Waals surface area contributed by atoms with E-state index in [0.29, 0.717) is 0 Å². The van der Waals surface area contributed by atoms with Gasteiger partial charge >= 0.3 is 0 Å². The zero-order chi connectivity index (χ0) is 13.1. The zero-order valence-electron chi connectivity index (χ0n) is 11.8. The van der Waals surface area contributed by atoms with Crippen LogP contribution in [0.1, 0.15) is 25.5 Å². The molecule has 1 aliphatic heterocycles. The first-order valence-electron chi connectivity index (χ1n) is 6.89. The van der Waals surface area contributed by atoms with Crippen molar-refractivity contribution >= 4 is 11.5 Å². The number of rotatable bonds is 3. The summed E-state index contributed by atoms with van der Waals surface area (Å²) in [4.78, 5) is 4.78. The molecule has 1 fully saturated rings. The first-order chi connectivity index (χ1) is 8.63. The summed E-state index contributed by atoms with van der Waals surface area (Å²) in [7, 11) is 2.18. The minimum absolute atomic E-state index is 0.855. The third-order valence-corrected chi connectivity index (χ3v) is 3.60. The number of hydrogen-bond donors (Lipinski definition) is 1. The lowest BCUT2D eigenvalue weighted by molar-refractivity contribution is 0.360. The fourth-order valence-corrected chi connectivity index (χ4v) is 2.54. The normalized spacial score (nSPS) is 18.1. The van der Waals surface area contributed by atoms with Crippen LogP contribution in [0.15, 0.2) is 0 Å². The fourth-order valence-electron chi connectivity index (χ4n) is 2.54.